The summed E-state index contributed by atoms with van der Waals surface area (Å²) in [7, 11) is -3.11. The van der Waals surface area contributed by atoms with Gasteiger partial charge < -0.3 is 5.11 Å². The van der Waals surface area contributed by atoms with E-state index in [9.17, 15) is 8.42 Å². The zero-order chi connectivity index (χ0) is 13.8. The van der Waals surface area contributed by atoms with Crippen molar-refractivity contribution in [3.05, 3.63) is 29.8 Å². The first kappa shape index (κ1) is 15.5. The first-order chi connectivity index (χ1) is 8.34. The van der Waals surface area contributed by atoms with Crippen LogP contribution in [0.1, 0.15) is 24.7 Å². The normalized spacial score (nSPS) is 15.3. The van der Waals surface area contributed by atoms with E-state index in [1.165, 1.54) is 6.26 Å². The van der Waals surface area contributed by atoms with Crippen molar-refractivity contribution in [2.24, 2.45) is 5.92 Å². The predicted octanol–water partition coefficient (Wildman–Crippen LogP) is 2.51. The molecular weight excluding hydrogens is 268 g/mol. The van der Waals surface area contributed by atoms with Gasteiger partial charge in [0.1, 0.15) is 0 Å². The summed E-state index contributed by atoms with van der Waals surface area (Å²) in [6.45, 7) is 4.30. The maximum Gasteiger partial charge on any atom is 0.175 e. The number of benzene rings is 1. The third-order valence-corrected chi connectivity index (χ3v) is 5.38. The van der Waals surface area contributed by atoms with Crippen LogP contribution in [0.2, 0.25) is 0 Å². The van der Waals surface area contributed by atoms with Crippen molar-refractivity contribution in [1.29, 1.82) is 0 Å². The van der Waals surface area contributed by atoms with E-state index in [-0.39, 0.29) is 12.5 Å². The highest BCUT2D eigenvalue weighted by Crippen LogP contribution is 2.30. The zero-order valence-electron chi connectivity index (χ0n) is 11.0. The highest BCUT2D eigenvalue weighted by molar-refractivity contribution is 7.99. The van der Waals surface area contributed by atoms with Gasteiger partial charge in [0.15, 0.2) is 9.84 Å². The summed E-state index contributed by atoms with van der Waals surface area (Å²) in [4.78, 5) is 0.354. The predicted molar refractivity (Wildman–Crippen MR) is 76.7 cm³/mol. The molecule has 0 saturated heterocycles. The summed E-state index contributed by atoms with van der Waals surface area (Å²) in [6, 6.07) is 7.02. The molecule has 2 atom stereocenters. The minimum Gasteiger partial charge on any atom is -0.396 e. The van der Waals surface area contributed by atoms with Crippen LogP contribution in [-0.2, 0) is 9.84 Å². The van der Waals surface area contributed by atoms with E-state index in [1.807, 2.05) is 19.1 Å². The molecule has 3 nitrogen and oxygen atoms in total. The van der Waals surface area contributed by atoms with Crippen LogP contribution in [0.4, 0.5) is 0 Å². The van der Waals surface area contributed by atoms with Gasteiger partial charge in [0.2, 0.25) is 0 Å². The molecule has 0 saturated carbocycles. The van der Waals surface area contributed by atoms with E-state index < -0.39 is 9.84 Å². The summed E-state index contributed by atoms with van der Waals surface area (Å²) >= 11 is 1.77. The van der Waals surface area contributed by atoms with Crippen LogP contribution in [-0.4, -0.2) is 32.1 Å². The minimum atomic E-state index is -3.11. The fraction of sp³-hybridized carbons (Fsp3) is 0.538. The zero-order valence-corrected chi connectivity index (χ0v) is 12.6. The Morgan fingerprint density at radius 1 is 1.22 bits per heavy atom. The van der Waals surface area contributed by atoms with Gasteiger partial charge in [-0.3, -0.25) is 0 Å². The van der Waals surface area contributed by atoms with E-state index >= 15 is 0 Å². The molecule has 0 amide bonds. The number of hydrogen-bond donors (Lipinski definition) is 1. The molecule has 1 aromatic rings. The Bertz CT molecular complexity index is 466. The molecule has 0 fully saturated rings. The molecule has 1 N–H and O–H groups in total. The van der Waals surface area contributed by atoms with Crippen LogP contribution in [0.5, 0.6) is 0 Å². The lowest BCUT2D eigenvalue weighted by atomic mass is 10.2. The molecule has 0 aliphatic carbocycles. The number of rotatable bonds is 6. The molecule has 2 unspecified atom stereocenters. The Morgan fingerprint density at radius 3 is 2.22 bits per heavy atom. The fourth-order valence-corrected chi connectivity index (χ4v) is 3.15. The molecule has 0 aliphatic heterocycles. The molecule has 0 spiro atoms. The van der Waals surface area contributed by atoms with E-state index in [0.717, 1.165) is 11.3 Å². The molecule has 102 valence electrons. The first-order valence-electron chi connectivity index (χ1n) is 5.87. The summed E-state index contributed by atoms with van der Waals surface area (Å²) < 4.78 is 22.7. The van der Waals surface area contributed by atoms with E-state index in [4.69, 9.17) is 5.11 Å². The smallest absolute Gasteiger partial charge is 0.175 e. The summed E-state index contributed by atoms with van der Waals surface area (Å²) in [5, 5.41) is 9.26. The van der Waals surface area contributed by atoms with E-state index in [2.05, 4.69) is 6.92 Å². The van der Waals surface area contributed by atoms with Gasteiger partial charge >= 0.3 is 0 Å². The van der Waals surface area contributed by atoms with Crippen LogP contribution in [0.25, 0.3) is 0 Å². The number of sulfone groups is 1. The van der Waals surface area contributed by atoms with Gasteiger partial charge in [0.05, 0.1) is 4.90 Å². The van der Waals surface area contributed by atoms with Crippen molar-refractivity contribution >= 4 is 21.6 Å². The lowest BCUT2D eigenvalue weighted by Gasteiger charge is -2.14. The quantitative estimate of drug-likeness (QED) is 0.874. The number of thioether (sulfide) groups is 1. The molecule has 0 aromatic heterocycles. The van der Waals surface area contributed by atoms with Gasteiger partial charge in [-0.25, -0.2) is 8.42 Å². The molecule has 5 heteroatoms. The highest BCUT2D eigenvalue weighted by Gasteiger charge is 2.11. The van der Waals surface area contributed by atoms with Crippen LogP contribution in [0.15, 0.2) is 29.2 Å². The second kappa shape index (κ2) is 6.59. The monoisotopic (exact) mass is 288 g/mol. The third kappa shape index (κ3) is 4.63. The van der Waals surface area contributed by atoms with Gasteiger partial charge in [-0.1, -0.05) is 19.1 Å². The number of hydrogen-bond acceptors (Lipinski definition) is 4. The molecular formula is C13H20O3S2. The van der Waals surface area contributed by atoms with Crippen molar-refractivity contribution in [2.45, 2.75) is 24.0 Å². The van der Waals surface area contributed by atoms with Crippen molar-refractivity contribution in [2.75, 3.05) is 18.6 Å². The minimum absolute atomic E-state index is 0.201. The summed E-state index contributed by atoms with van der Waals surface area (Å²) in [5.41, 5.74) is 1.11. The van der Waals surface area contributed by atoms with Crippen LogP contribution < -0.4 is 0 Å². The highest BCUT2D eigenvalue weighted by atomic mass is 32.2. The number of aliphatic hydroxyl groups excluding tert-OH is 1. The van der Waals surface area contributed by atoms with Gasteiger partial charge in [0.25, 0.3) is 0 Å². The molecule has 18 heavy (non-hydrogen) atoms. The fourth-order valence-electron chi connectivity index (χ4n) is 1.44. The summed E-state index contributed by atoms with van der Waals surface area (Å²) in [6.07, 6.45) is 1.21. The summed E-state index contributed by atoms with van der Waals surface area (Å²) in [5.74, 6) is 1.18. The van der Waals surface area contributed by atoms with E-state index in [0.29, 0.717) is 10.1 Å². The molecule has 1 rings (SSSR count). The van der Waals surface area contributed by atoms with Gasteiger partial charge in [-0.2, -0.15) is 11.8 Å². The molecule has 0 bridgehead atoms. The molecule has 0 radical (unpaired) electrons. The topological polar surface area (TPSA) is 54.4 Å². The maximum atomic E-state index is 11.3. The third-order valence-electron chi connectivity index (χ3n) is 2.72. The maximum absolute atomic E-state index is 11.3. The SMILES string of the molecule is CC(CO)CSC(C)c1ccc(S(C)(=O)=O)cc1. The first-order valence-corrected chi connectivity index (χ1v) is 8.81. The van der Waals surface area contributed by atoms with Gasteiger partial charge in [0, 0.05) is 18.1 Å². The Hall–Kier alpha value is -0.520. The van der Waals surface area contributed by atoms with Crippen molar-refractivity contribution in [3.8, 4) is 0 Å². The van der Waals surface area contributed by atoms with Crippen LogP contribution in [0, 0.1) is 5.92 Å². The van der Waals surface area contributed by atoms with Crippen molar-refractivity contribution in [3.63, 3.8) is 0 Å². The van der Waals surface area contributed by atoms with E-state index in [1.54, 1.807) is 23.9 Å². The van der Waals surface area contributed by atoms with Crippen molar-refractivity contribution < 1.29 is 13.5 Å². The second-order valence-electron chi connectivity index (χ2n) is 4.60. The second-order valence-corrected chi connectivity index (χ2v) is 7.99. The van der Waals surface area contributed by atoms with Gasteiger partial charge in [-0.05, 0) is 36.3 Å². The average Bonchev–Trinajstić information content (AvgIpc) is 2.34. The van der Waals surface area contributed by atoms with Crippen LogP contribution >= 0.6 is 11.8 Å². The average molecular weight is 288 g/mol. The Labute approximate surface area is 114 Å². The lowest BCUT2D eigenvalue weighted by molar-refractivity contribution is 0.250. The molecule has 1 aromatic carbocycles. The Morgan fingerprint density at radius 2 is 1.78 bits per heavy atom. The van der Waals surface area contributed by atoms with Crippen LogP contribution in [0.3, 0.4) is 0 Å². The van der Waals surface area contributed by atoms with Gasteiger partial charge in [-0.15, -0.1) is 0 Å². The molecule has 0 heterocycles. The lowest BCUT2D eigenvalue weighted by Crippen LogP contribution is -2.05. The largest absolute Gasteiger partial charge is 0.396 e. The Balaban J connectivity index is 2.68. The standard InChI is InChI=1S/C13H20O3S2/c1-10(8-14)9-17-11(2)12-4-6-13(7-5-12)18(3,15)16/h4-7,10-11,14H,8-9H2,1-3H3. The number of aliphatic hydroxyl groups is 1. The Kier molecular flexibility index (Phi) is 5.69. The molecule has 0 aliphatic rings. The van der Waals surface area contributed by atoms with Crippen molar-refractivity contribution in [1.82, 2.24) is 0 Å².